The number of carboxylic acid groups (broad SMARTS) is 1. The van der Waals surface area contributed by atoms with Crippen molar-refractivity contribution in [2.45, 2.75) is 18.9 Å². The zero-order chi connectivity index (χ0) is 9.97. The van der Waals surface area contributed by atoms with E-state index in [-0.39, 0.29) is 12.0 Å². The number of hydrogen-bond donors (Lipinski definition) is 2. The third-order valence-corrected chi connectivity index (χ3v) is 2.59. The number of carbonyl (C=O) groups is 1. The maximum atomic E-state index is 10.7. The molecule has 1 aromatic heterocycles. The van der Waals surface area contributed by atoms with Gasteiger partial charge in [-0.1, -0.05) is 6.07 Å². The van der Waals surface area contributed by atoms with Gasteiger partial charge in [-0.2, -0.15) is 0 Å². The number of nitrogens with one attached hydrogen (secondary N) is 1. The molecule has 1 aliphatic rings. The van der Waals surface area contributed by atoms with E-state index >= 15 is 0 Å². The molecule has 14 heavy (non-hydrogen) atoms. The van der Waals surface area contributed by atoms with Gasteiger partial charge in [-0.3, -0.25) is 4.79 Å². The highest BCUT2D eigenvalue weighted by Crippen LogP contribution is 2.29. The molecule has 2 atom stereocenters. The van der Waals surface area contributed by atoms with Gasteiger partial charge in [-0.25, -0.2) is 4.98 Å². The summed E-state index contributed by atoms with van der Waals surface area (Å²) in [4.78, 5) is 14.8. The summed E-state index contributed by atoms with van der Waals surface area (Å²) in [6, 6.07) is 5.60. The molecule has 0 amide bonds. The van der Waals surface area contributed by atoms with Crippen LogP contribution in [0.4, 0.5) is 5.82 Å². The number of aromatic nitrogens is 1. The standard InChI is InChI=1S/C10H12N2O2/c13-10(14)7-4-5-8(7)12-9-3-1-2-6-11-9/h1-3,6-8H,4-5H2,(H,11,12)(H,13,14)/t7-,8+/m1/s1. The Hall–Kier alpha value is -1.58. The maximum absolute atomic E-state index is 10.7. The molecule has 74 valence electrons. The molecule has 1 fully saturated rings. The summed E-state index contributed by atoms with van der Waals surface area (Å²) in [5, 5.41) is 11.9. The summed E-state index contributed by atoms with van der Waals surface area (Å²) in [6.45, 7) is 0. The third-order valence-electron chi connectivity index (χ3n) is 2.59. The van der Waals surface area contributed by atoms with Gasteiger partial charge in [0.05, 0.1) is 5.92 Å². The summed E-state index contributed by atoms with van der Waals surface area (Å²) < 4.78 is 0. The van der Waals surface area contributed by atoms with Gasteiger partial charge in [-0.15, -0.1) is 0 Å². The first-order valence-electron chi connectivity index (χ1n) is 4.68. The number of aliphatic carboxylic acids is 1. The molecular formula is C10H12N2O2. The Bertz CT molecular complexity index is 326. The Kier molecular flexibility index (Phi) is 2.35. The summed E-state index contributed by atoms with van der Waals surface area (Å²) >= 11 is 0. The summed E-state index contributed by atoms with van der Waals surface area (Å²) in [5.74, 6) is -0.217. The lowest BCUT2D eigenvalue weighted by molar-refractivity contribution is -0.144. The molecule has 0 aromatic carbocycles. The molecule has 0 bridgehead atoms. The van der Waals surface area contributed by atoms with Crippen LogP contribution in [-0.4, -0.2) is 22.1 Å². The fraction of sp³-hybridized carbons (Fsp3) is 0.400. The second-order valence-electron chi connectivity index (χ2n) is 3.49. The lowest BCUT2D eigenvalue weighted by Gasteiger charge is -2.34. The average Bonchev–Trinajstić information content (AvgIpc) is 2.13. The first kappa shape index (κ1) is 8.99. The van der Waals surface area contributed by atoms with Crippen molar-refractivity contribution in [3.05, 3.63) is 24.4 Å². The van der Waals surface area contributed by atoms with Gasteiger partial charge < -0.3 is 10.4 Å². The van der Waals surface area contributed by atoms with Gasteiger partial charge in [0, 0.05) is 12.2 Å². The minimum Gasteiger partial charge on any atom is -0.481 e. The number of anilines is 1. The third kappa shape index (κ3) is 1.69. The van der Waals surface area contributed by atoms with Crippen molar-refractivity contribution in [1.82, 2.24) is 4.98 Å². The smallest absolute Gasteiger partial charge is 0.308 e. The topological polar surface area (TPSA) is 62.2 Å². The van der Waals surface area contributed by atoms with Crippen LogP contribution < -0.4 is 5.32 Å². The van der Waals surface area contributed by atoms with Crippen LogP contribution >= 0.6 is 0 Å². The van der Waals surface area contributed by atoms with E-state index in [0.29, 0.717) is 0 Å². The van der Waals surface area contributed by atoms with Crippen molar-refractivity contribution in [2.75, 3.05) is 5.32 Å². The van der Waals surface area contributed by atoms with Crippen LogP contribution in [0, 0.1) is 5.92 Å². The molecule has 1 aliphatic carbocycles. The lowest BCUT2D eigenvalue weighted by Crippen LogP contribution is -2.43. The van der Waals surface area contributed by atoms with E-state index in [2.05, 4.69) is 10.3 Å². The summed E-state index contributed by atoms with van der Waals surface area (Å²) in [6.07, 6.45) is 3.37. The quantitative estimate of drug-likeness (QED) is 0.759. The molecule has 1 aromatic rings. The molecule has 0 aliphatic heterocycles. The fourth-order valence-corrected chi connectivity index (χ4v) is 1.61. The molecule has 1 heterocycles. The molecule has 0 radical (unpaired) electrons. The van der Waals surface area contributed by atoms with Crippen LogP contribution in [-0.2, 0) is 4.79 Å². The average molecular weight is 192 g/mol. The Morgan fingerprint density at radius 2 is 2.36 bits per heavy atom. The Balaban J connectivity index is 1.96. The number of rotatable bonds is 3. The van der Waals surface area contributed by atoms with Crippen molar-refractivity contribution < 1.29 is 9.90 Å². The van der Waals surface area contributed by atoms with Crippen molar-refractivity contribution in [3.8, 4) is 0 Å². The van der Waals surface area contributed by atoms with E-state index in [1.165, 1.54) is 0 Å². The monoisotopic (exact) mass is 192 g/mol. The first-order valence-corrected chi connectivity index (χ1v) is 4.68. The first-order chi connectivity index (χ1) is 6.77. The molecule has 4 nitrogen and oxygen atoms in total. The molecule has 0 unspecified atom stereocenters. The van der Waals surface area contributed by atoms with Crippen molar-refractivity contribution in [3.63, 3.8) is 0 Å². The van der Waals surface area contributed by atoms with Gasteiger partial charge in [0.1, 0.15) is 5.82 Å². The number of nitrogens with zero attached hydrogens (tertiary/aromatic N) is 1. The van der Waals surface area contributed by atoms with Crippen LogP contribution in [0.5, 0.6) is 0 Å². The number of carboxylic acids is 1. The Morgan fingerprint density at radius 1 is 1.50 bits per heavy atom. The van der Waals surface area contributed by atoms with Gasteiger partial charge >= 0.3 is 5.97 Å². The predicted molar refractivity (Wildman–Crippen MR) is 52.0 cm³/mol. The fourth-order valence-electron chi connectivity index (χ4n) is 1.61. The van der Waals surface area contributed by atoms with Crippen molar-refractivity contribution in [1.29, 1.82) is 0 Å². The maximum Gasteiger partial charge on any atom is 0.308 e. The van der Waals surface area contributed by atoms with E-state index in [4.69, 9.17) is 5.11 Å². The minimum absolute atomic E-state index is 0.0439. The molecule has 4 heteroatoms. The van der Waals surface area contributed by atoms with Crippen LogP contribution in [0.2, 0.25) is 0 Å². The molecule has 0 saturated heterocycles. The highest BCUT2D eigenvalue weighted by atomic mass is 16.4. The van der Waals surface area contributed by atoms with Gasteiger partial charge in [-0.05, 0) is 25.0 Å². The highest BCUT2D eigenvalue weighted by molar-refractivity contribution is 5.72. The lowest BCUT2D eigenvalue weighted by atomic mass is 9.79. The zero-order valence-corrected chi connectivity index (χ0v) is 7.68. The summed E-state index contributed by atoms with van der Waals surface area (Å²) in [7, 11) is 0. The summed E-state index contributed by atoms with van der Waals surface area (Å²) in [5.41, 5.74) is 0. The molecule has 1 saturated carbocycles. The van der Waals surface area contributed by atoms with E-state index in [0.717, 1.165) is 18.7 Å². The molecular weight excluding hydrogens is 180 g/mol. The largest absolute Gasteiger partial charge is 0.481 e. The Labute approximate surface area is 82.0 Å². The van der Waals surface area contributed by atoms with Gasteiger partial charge in [0.2, 0.25) is 0 Å². The molecule has 2 N–H and O–H groups in total. The van der Waals surface area contributed by atoms with Crippen LogP contribution in [0.3, 0.4) is 0 Å². The van der Waals surface area contributed by atoms with Gasteiger partial charge in [0.25, 0.3) is 0 Å². The van der Waals surface area contributed by atoms with Crippen molar-refractivity contribution in [2.24, 2.45) is 5.92 Å². The normalized spacial score (nSPS) is 25.1. The van der Waals surface area contributed by atoms with Crippen molar-refractivity contribution >= 4 is 11.8 Å². The number of hydrogen-bond acceptors (Lipinski definition) is 3. The van der Waals surface area contributed by atoms with Crippen LogP contribution in [0.25, 0.3) is 0 Å². The SMILES string of the molecule is O=C(O)[C@@H]1CC[C@@H]1Nc1ccccn1. The van der Waals surface area contributed by atoms with Crippen LogP contribution in [0.1, 0.15) is 12.8 Å². The highest BCUT2D eigenvalue weighted by Gasteiger charge is 2.36. The Morgan fingerprint density at radius 3 is 2.86 bits per heavy atom. The van der Waals surface area contributed by atoms with Crippen LogP contribution in [0.15, 0.2) is 24.4 Å². The molecule has 0 spiro atoms. The minimum atomic E-state index is -0.718. The van der Waals surface area contributed by atoms with E-state index in [1.54, 1.807) is 6.20 Å². The second-order valence-corrected chi connectivity index (χ2v) is 3.49. The zero-order valence-electron chi connectivity index (χ0n) is 7.68. The second kappa shape index (κ2) is 3.65. The predicted octanol–water partition coefficient (Wildman–Crippen LogP) is 1.36. The van der Waals surface area contributed by atoms with E-state index in [9.17, 15) is 4.79 Å². The van der Waals surface area contributed by atoms with Gasteiger partial charge in [0.15, 0.2) is 0 Å². The molecule has 2 rings (SSSR count). The van der Waals surface area contributed by atoms with E-state index in [1.807, 2.05) is 18.2 Å². The number of pyridine rings is 1. The van der Waals surface area contributed by atoms with E-state index < -0.39 is 5.97 Å².